The molecule has 0 unspecified atom stereocenters. The summed E-state index contributed by atoms with van der Waals surface area (Å²) in [6, 6.07) is 2.74. The number of nitrogens with one attached hydrogen (secondary N) is 1. The van der Waals surface area contributed by atoms with Crippen LogP contribution >= 0.6 is 0 Å². The molecule has 2 atom stereocenters. The molecule has 9 nitrogen and oxygen atoms in total. The summed E-state index contributed by atoms with van der Waals surface area (Å²) in [4.78, 5) is 18.8. The third-order valence-electron chi connectivity index (χ3n) is 4.71. The molecule has 1 amide bonds. The van der Waals surface area contributed by atoms with Gasteiger partial charge >= 0.3 is 0 Å². The number of sulfonamides is 1. The van der Waals surface area contributed by atoms with Crippen molar-refractivity contribution in [2.45, 2.75) is 18.6 Å². The molecule has 0 saturated carbocycles. The molecular formula is C17H26N4O5S. The number of ether oxygens (including phenoxy) is 2. The maximum atomic E-state index is 12.6. The first-order chi connectivity index (χ1) is 12.9. The maximum absolute atomic E-state index is 12.6. The van der Waals surface area contributed by atoms with Crippen molar-refractivity contribution in [1.29, 1.82) is 0 Å². The number of pyridine rings is 1. The fraction of sp³-hybridized carbons (Fsp3) is 0.647. The van der Waals surface area contributed by atoms with Crippen molar-refractivity contribution in [3.8, 4) is 5.75 Å². The van der Waals surface area contributed by atoms with E-state index in [0.717, 1.165) is 25.9 Å². The maximum Gasteiger partial charge on any atom is 0.238 e. The molecule has 1 aromatic heterocycles. The first-order valence-electron chi connectivity index (χ1n) is 9.05. The molecule has 0 aromatic carbocycles. The van der Waals surface area contributed by atoms with E-state index in [-0.39, 0.29) is 18.6 Å². The van der Waals surface area contributed by atoms with Crippen LogP contribution in [0.1, 0.15) is 6.42 Å². The van der Waals surface area contributed by atoms with Gasteiger partial charge in [0.25, 0.3) is 0 Å². The normalized spacial score (nSPS) is 24.6. The fourth-order valence-electron chi connectivity index (χ4n) is 3.35. The zero-order valence-electron chi connectivity index (χ0n) is 15.4. The van der Waals surface area contributed by atoms with Gasteiger partial charge in [-0.25, -0.2) is 8.42 Å². The molecule has 1 aromatic rings. The number of aromatic nitrogens is 1. The van der Waals surface area contributed by atoms with Crippen LogP contribution in [0.4, 0.5) is 0 Å². The largest absolute Gasteiger partial charge is 0.487 e. The zero-order valence-corrected chi connectivity index (χ0v) is 16.2. The van der Waals surface area contributed by atoms with E-state index >= 15 is 0 Å². The Balaban J connectivity index is 1.56. The van der Waals surface area contributed by atoms with Gasteiger partial charge in [-0.2, -0.15) is 4.31 Å². The third-order valence-corrected chi connectivity index (χ3v) is 5.97. The zero-order chi connectivity index (χ0) is 19.3. The van der Waals surface area contributed by atoms with Gasteiger partial charge in [0, 0.05) is 38.8 Å². The lowest BCUT2D eigenvalue weighted by Gasteiger charge is -2.27. The Hall–Kier alpha value is -1.75. The predicted molar refractivity (Wildman–Crippen MR) is 98.9 cm³/mol. The van der Waals surface area contributed by atoms with Crippen molar-refractivity contribution < 1.29 is 22.7 Å². The van der Waals surface area contributed by atoms with Gasteiger partial charge in [-0.05, 0) is 12.1 Å². The van der Waals surface area contributed by atoms with Crippen LogP contribution in [-0.2, 0) is 19.6 Å². The summed E-state index contributed by atoms with van der Waals surface area (Å²) in [5.74, 6) is 0.273. The van der Waals surface area contributed by atoms with E-state index in [1.165, 1.54) is 4.31 Å². The molecule has 150 valence electrons. The third kappa shape index (κ3) is 5.61. The van der Waals surface area contributed by atoms with Crippen LogP contribution in [0.2, 0.25) is 0 Å². The minimum atomic E-state index is -3.52. The number of rotatable bonds is 7. The van der Waals surface area contributed by atoms with Crippen molar-refractivity contribution in [1.82, 2.24) is 19.5 Å². The van der Waals surface area contributed by atoms with Crippen LogP contribution in [0, 0.1) is 0 Å². The second-order valence-electron chi connectivity index (χ2n) is 6.76. The molecule has 0 spiro atoms. The molecule has 0 radical (unpaired) electrons. The second kappa shape index (κ2) is 8.96. The van der Waals surface area contributed by atoms with Gasteiger partial charge in [0.1, 0.15) is 17.9 Å². The summed E-state index contributed by atoms with van der Waals surface area (Å²) >= 11 is 0. The Kier molecular flexibility index (Phi) is 6.64. The van der Waals surface area contributed by atoms with Crippen LogP contribution in [0.3, 0.4) is 0 Å². The topological polar surface area (TPSA) is 101 Å². The monoisotopic (exact) mass is 398 g/mol. The highest BCUT2D eigenvalue weighted by atomic mass is 32.2. The molecule has 2 aliphatic rings. The Morgan fingerprint density at radius 3 is 2.85 bits per heavy atom. The van der Waals surface area contributed by atoms with Crippen LogP contribution in [0.5, 0.6) is 5.75 Å². The highest BCUT2D eigenvalue weighted by Crippen LogP contribution is 2.25. The Morgan fingerprint density at radius 2 is 2.19 bits per heavy atom. The summed E-state index contributed by atoms with van der Waals surface area (Å²) in [5, 5.41) is 2.86. The van der Waals surface area contributed by atoms with Crippen molar-refractivity contribution in [2.24, 2.45) is 0 Å². The van der Waals surface area contributed by atoms with Gasteiger partial charge in [-0.1, -0.05) is 0 Å². The molecule has 2 fully saturated rings. The Morgan fingerprint density at radius 1 is 1.41 bits per heavy atom. The van der Waals surface area contributed by atoms with Gasteiger partial charge in [0.15, 0.2) is 0 Å². The van der Waals surface area contributed by atoms with Crippen LogP contribution < -0.4 is 10.1 Å². The lowest BCUT2D eigenvalue weighted by atomic mass is 10.2. The summed E-state index contributed by atoms with van der Waals surface area (Å²) < 4.78 is 36.6. The summed E-state index contributed by atoms with van der Waals surface area (Å²) in [6.45, 7) is 4.43. The molecule has 10 heteroatoms. The van der Waals surface area contributed by atoms with E-state index in [0.29, 0.717) is 31.9 Å². The molecule has 3 rings (SSSR count). The summed E-state index contributed by atoms with van der Waals surface area (Å²) in [7, 11) is -3.52. The minimum absolute atomic E-state index is 0.148. The van der Waals surface area contributed by atoms with E-state index < -0.39 is 16.1 Å². The highest BCUT2D eigenvalue weighted by molar-refractivity contribution is 7.88. The standard InChI is InChI=1S/C17H26N4O5S/c1-27(23,24)21-13-15(26-14-3-2-4-18-12-14)11-16(21)17(22)19-5-6-20-7-9-25-10-8-20/h2-4,12,15-16H,5-11,13H2,1H3,(H,19,22)/t15-,16-/m0/s1. The molecule has 27 heavy (non-hydrogen) atoms. The van der Waals surface area contributed by atoms with E-state index in [2.05, 4.69) is 15.2 Å². The van der Waals surface area contributed by atoms with Gasteiger partial charge in [0.05, 0.1) is 32.2 Å². The molecular weight excluding hydrogens is 372 g/mol. The number of amides is 1. The molecule has 3 heterocycles. The van der Waals surface area contributed by atoms with Crippen LogP contribution in [0.25, 0.3) is 0 Å². The lowest BCUT2D eigenvalue weighted by molar-refractivity contribution is -0.124. The van der Waals surface area contributed by atoms with Crippen molar-refractivity contribution in [3.63, 3.8) is 0 Å². The van der Waals surface area contributed by atoms with E-state index in [9.17, 15) is 13.2 Å². The average Bonchev–Trinajstić information content (AvgIpc) is 3.08. The molecule has 0 aliphatic carbocycles. The van der Waals surface area contributed by atoms with Gasteiger partial charge in [0.2, 0.25) is 15.9 Å². The van der Waals surface area contributed by atoms with E-state index in [1.54, 1.807) is 24.5 Å². The number of carbonyl (C=O) groups excluding carboxylic acids is 1. The number of nitrogens with zero attached hydrogens (tertiary/aromatic N) is 3. The Labute approximate surface area is 159 Å². The summed E-state index contributed by atoms with van der Waals surface area (Å²) in [5.41, 5.74) is 0. The number of carbonyl (C=O) groups is 1. The minimum Gasteiger partial charge on any atom is -0.487 e. The smallest absolute Gasteiger partial charge is 0.238 e. The van der Waals surface area contributed by atoms with Crippen LogP contribution in [-0.4, -0.2) is 92.9 Å². The van der Waals surface area contributed by atoms with Crippen molar-refractivity contribution in [3.05, 3.63) is 24.5 Å². The highest BCUT2D eigenvalue weighted by Gasteiger charge is 2.42. The predicted octanol–water partition coefficient (Wildman–Crippen LogP) is -0.689. The first-order valence-corrected chi connectivity index (χ1v) is 10.9. The second-order valence-corrected chi connectivity index (χ2v) is 8.69. The summed E-state index contributed by atoms with van der Waals surface area (Å²) in [6.07, 6.45) is 4.24. The van der Waals surface area contributed by atoms with Gasteiger partial charge < -0.3 is 14.8 Å². The molecule has 2 saturated heterocycles. The molecule has 2 aliphatic heterocycles. The van der Waals surface area contributed by atoms with Crippen LogP contribution in [0.15, 0.2) is 24.5 Å². The molecule has 1 N–H and O–H groups in total. The quantitative estimate of drug-likeness (QED) is 0.649. The van der Waals surface area contributed by atoms with Crippen molar-refractivity contribution in [2.75, 3.05) is 52.2 Å². The SMILES string of the molecule is CS(=O)(=O)N1C[C@@H](Oc2cccnc2)C[C@H]1C(=O)NCCN1CCOCC1. The first kappa shape index (κ1) is 20.0. The van der Waals surface area contributed by atoms with Crippen molar-refractivity contribution >= 4 is 15.9 Å². The fourth-order valence-corrected chi connectivity index (χ4v) is 4.43. The van der Waals surface area contributed by atoms with Gasteiger partial charge in [-0.15, -0.1) is 0 Å². The number of hydrogen-bond donors (Lipinski definition) is 1. The van der Waals surface area contributed by atoms with E-state index in [1.807, 2.05) is 0 Å². The lowest BCUT2D eigenvalue weighted by Crippen LogP contribution is -2.48. The Bertz CT molecular complexity index is 724. The van der Waals surface area contributed by atoms with E-state index in [4.69, 9.17) is 9.47 Å². The molecule has 0 bridgehead atoms. The number of hydrogen-bond acceptors (Lipinski definition) is 7. The number of morpholine rings is 1. The average molecular weight is 398 g/mol. The van der Waals surface area contributed by atoms with Gasteiger partial charge in [-0.3, -0.25) is 14.7 Å².